The second-order valence-electron chi connectivity index (χ2n) is 6.15. The van der Waals surface area contributed by atoms with Gasteiger partial charge in [-0.05, 0) is 50.3 Å². The van der Waals surface area contributed by atoms with Gasteiger partial charge in [0.15, 0.2) is 0 Å². The predicted octanol–water partition coefficient (Wildman–Crippen LogP) is 3.38. The molecule has 0 amide bonds. The van der Waals surface area contributed by atoms with E-state index in [-0.39, 0.29) is 0 Å². The number of nitrogens with zero attached hydrogens (tertiary/aromatic N) is 1. The van der Waals surface area contributed by atoms with Crippen molar-refractivity contribution in [3.8, 4) is 0 Å². The van der Waals surface area contributed by atoms with Gasteiger partial charge in [-0.2, -0.15) is 0 Å². The van der Waals surface area contributed by atoms with Crippen LogP contribution in [-0.4, -0.2) is 29.1 Å². The van der Waals surface area contributed by atoms with Crippen LogP contribution < -0.4 is 0 Å². The lowest BCUT2D eigenvalue weighted by molar-refractivity contribution is -0.153. The van der Waals surface area contributed by atoms with E-state index < -0.39 is 11.4 Å². The van der Waals surface area contributed by atoms with Crippen molar-refractivity contribution in [2.75, 3.05) is 13.1 Å². The van der Waals surface area contributed by atoms with Crippen LogP contribution in [0.4, 0.5) is 0 Å². The number of carbonyl (C=O) groups is 1. The molecule has 4 heteroatoms. The van der Waals surface area contributed by atoms with Crippen LogP contribution in [0.15, 0.2) is 22.8 Å². The van der Waals surface area contributed by atoms with Gasteiger partial charge in [-0.15, -0.1) is 0 Å². The highest BCUT2D eigenvalue weighted by atomic mass is 16.4. The Morgan fingerprint density at radius 1 is 1.50 bits per heavy atom. The number of carboxylic acid groups (broad SMARTS) is 1. The van der Waals surface area contributed by atoms with Crippen LogP contribution in [0.5, 0.6) is 0 Å². The average Bonchev–Trinajstić information content (AvgIpc) is 2.93. The van der Waals surface area contributed by atoms with Crippen LogP contribution in [0.2, 0.25) is 0 Å². The third-order valence-electron chi connectivity index (χ3n) is 4.62. The minimum absolute atomic E-state index is 0.574. The van der Waals surface area contributed by atoms with E-state index in [0.717, 1.165) is 38.0 Å². The molecule has 0 aliphatic heterocycles. The van der Waals surface area contributed by atoms with E-state index in [2.05, 4.69) is 18.7 Å². The molecule has 0 spiro atoms. The van der Waals surface area contributed by atoms with Crippen molar-refractivity contribution in [2.45, 2.75) is 46.1 Å². The molecule has 0 saturated heterocycles. The highest BCUT2D eigenvalue weighted by Gasteiger charge is 2.42. The summed E-state index contributed by atoms with van der Waals surface area (Å²) in [5.41, 5.74) is -0.574. The number of hydrogen-bond acceptors (Lipinski definition) is 3. The Morgan fingerprint density at radius 2 is 2.20 bits per heavy atom. The van der Waals surface area contributed by atoms with Gasteiger partial charge in [-0.1, -0.05) is 13.8 Å². The molecule has 0 unspecified atom stereocenters. The van der Waals surface area contributed by atoms with E-state index in [1.54, 1.807) is 6.26 Å². The highest BCUT2D eigenvalue weighted by molar-refractivity contribution is 5.75. The first kappa shape index (κ1) is 15.1. The quantitative estimate of drug-likeness (QED) is 0.867. The molecule has 1 fully saturated rings. The van der Waals surface area contributed by atoms with Crippen molar-refractivity contribution in [3.05, 3.63) is 24.2 Å². The van der Waals surface area contributed by atoms with Gasteiger partial charge in [0.1, 0.15) is 5.76 Å². The summed E-state index contributed by atoms with van der Waals surface area (Å²) in [7, 11) is 0. The van der Waals surface area contributed by atoms with E-state index >= 15 is 0 Å². The number of carboxylic acids is 1. The van der Waals surface area contributed by atoms with Crippen LogP contribution in [0.25, 0.3) is 0 Å². The van der Waals surface area contributed by atoms with Gasteiger partial charge in [0.25, 0.3) is 0 Å². The monoisotopic (exact) mass is 279 g/mol. The van der Waals surface area contributed by atoms with Crippen LogP contribution in [-0.2, 0) is 11.3 Å². The molecule has 0 radical (unpaired) electrons. The van der Waals surface area contributed by atoms with Gasteiger partial charge in [0, 0.05) is 6.54 Å². The average molecular weight is 279 g/mol. The summed E-state index contributed by atoms with van der Waals surface area (Å²) in [6, 6.07) is 3.82. The fourth-order valence-corrected chi connectivity index (χ4v) is 3.08. The van der Waals surface area contributed by atoms with Crippen molar-refractivity contribution in [1.82, 2.24) is 4.90 Å². The molecular weight excluding hydrogens is 254 g/mol. The van der Waals surface area contributed by atoms with E-state index in [1.165, 1.54) is 0 Å². The van der Waals surface area contributed by atoms with E-state index in [1.807, 2.05) is 12.1 Å². The number of furan rings is 1. The Labute approximate surface area is 120 Å². The molecule has 0 atom stereocenters. The zero-order chi connectivity index (χ0) is 14.6. The number of hydrogen-bond donors (Lipinski definition) is 1. The van der Waals surface area contributed by atoms with E-state index in [9.17, 15) is 9.90 Å². The summed E-state index contributed by atoms with van der Waals surface area (Å²) in [4.78, 5) is 14.0. The van der Waals surface area contributed by atoms with E-state index in [4.69, 9.17) is 4.42 Å². The van der Waals surface area contributed by atoms with Crippen molar-refractivity contribution < 1.29 is 14.3 Å². The minimum atomic E-state index is -0.637. The van der Waals surface area contributed by atoms with Crippen LogP contribution in [0.3, 0.4) is 0 Å². The fourth-order valence-electron chi connectivity index (χ4n) is 3.08. The lowest BCUT2D eigenvalue weighted by Gasteiger charge is -2.39. The maximum absolute atomic E-state index is 11.8. The lowest BCUT2D eigenvalue weighted by atomic mass is 9.70. The third-order valence-corrected chi connectivity index (χ3v) is 4.62. The van der Waals surface area contributed by atoms with Gasteiger partial charge >= 0.3 is 5.97 Å². The Balaban J connectivity index is 2.04. The Hall–Kier alpha value is -1.29. The van der Waals surface area contributed by atoms with Gasteiger partial charge in [-0.3, -0.25) is 9.69 Å². The smallest absolute Gasteiger partial charge is 0.310 e. The molecule has 0 bridgehead atoms. The van der Waals surface area contributed by atoms with Crippen LogP contribution in [0, 0.1) is 11.3 Å². The van der Waals surface area contributed by atoms with Gasteiger partial charge in [0.05, 0.1) is 18.2 Å². The maximum Gasteiger partial charge on any atom is 0.310 e. The largest absolute Gasteiger partial charge is 0.481 e. The molecule has 112 valence electrons. The van der Waals surface area contributed by atoms with Crippen molar-refractivity contribution in [2.24, 2.45) is 11.3 Å². The Kier molecular flexibility index (Phi) is 4.86. The molecule has 20 heavy (non-hydrogen) atoms. The van der Waals surface area contributed by atoms with Gasteiger partial charge in [-0.25, -0.2) is 0 Å². The predicted molar refractivity (Wildman–Crippen MR) is 77.4 cm³/mol. The summed E-state index contributed by atoms with van der Waals surface area (Å²) in [5, 5.41) is 9.70. The fraction of sp³-hybridized carbons (Fsp3) is 0.688. The molecular formula is C16H25NO3. The molecule has 2 rings (SSSR count). The topological polar surface area (TPSA) is 53.7 Å². The van der Waals surface area contributed by atoms with Crippen molar-refractivity contribution in [3.63, 3.8) is 0 Å². The molecule has 1 aromatic rings. The SMILES string of the molecule is CCN(Cc1ccco1)CC1(C(=O)O)CCC(C)CC1. The lowest BCUT2D eigenvalue weighted by Crippen LogP contribution is -2.45. The third kappa shape index (κ3) is 3.42. The van der Waals surface area contributed by atoms with E-state index in [0.29, 0.717) is 19.0 Å². The van der Waals surface area contributed by atoms with Gasteiger partial charge < -0.3 is 9.52 Å². The molecule has 1 heterocycles. The number of aliphatic carboxylic acids is 1. The summed E-state index contributed by atoms with van der Waals surface area (Å²) in [6.07, 6.45) is 5.28. The standard InChI is InChI=1S/C16H25NO3/c1-3-17(11-14-5-4-10-20-14)12-16(15(18)19)8-6-13(2)7-9-16/h4-5,10,13H,3,6-9,11-12H2,1-2H3,(H,18,19). The first-order valence-corrected chi connectivity index (χ1v) is 7.54. The first-order chi connectivity index (χ1) is 9.55. The summed E-state index contributed by atoms with van der Waals surface area (Å²) in [5.74, 6) is 0.918. The zero-order valence-corrected chi connectivity index (χ0v) is 12.5. The van der Waals surface area contributed by atoms with Crippen LogP contribution >= 0.6 is 0 Å². The van der Waals surface area contributed by atoms with Crippen LogP contribution in [0.1, 0.15) is 45.3 Å². The zero-order valence-electron chi connectivity index (χ0n) is 12.5. The first-order valence-electron chi connectivity index (χ1n) is 7.54. The number of rotatable bonds is 6. The summed E-state index contributed by atoms with van der Waals surface area (Å²) in [6.45, 7) is 6.43. The summed E-state index contributed by atoms with van der Waals surface area (Å²) >= 11 is 0. The molecule has 4 nitrogen and oxygen atoms in total. The second-order valence-corrected chi connectivity index (χ2v) is 6.15. The molecule has 1 N–H and O–H groups in total. The minimum Gasteiger partial charge on any atom is -0.481 e. The highest BCUT2D eigenvalue weighted by Crippen LogP contribution is 2.40. The maximum atomic E-state index is 11.8. The normalized spacial score (nSPS) is 26.9. The molecule has 1 saturated carbocycles. The molecule has 1 aromatic heterocycles. The Bertz CT molecular complexity index is 419. The molecule has 1 aliphatic carbocycles. The Morgan fingerprint density at radius 3 is 2.70 bits per heavy atom. The van der Waals surface area contributed by atoms with Crippen molar-refractivity contribution >= 4 is 5.97 Å². The molecule has 1 aliphatic rings. The second kappa shape index (κ2) is 6.44. The molecule has 0 aromatic carbocycles. The summed E-state index contributed by atoms with van der Waals surface area (Å²) < 4.78 is 5.38. The van der Waals surface area contributed by atoms with Crippen molar-refractivity contribution in [1.29, 1.82) is 0 Å². The van der Waals surface area contributed by atoms with Gasteiger partial charge in [0.2, 0.25) is 0 Å².